The summed E-state index contributed by atoms with van der Waals surface area (Å²) in [5.41, 5.74) is 0.521. The van der Waals surface area contributed by atoms with E-state index in [-0.39, 0.29) is 24.1 Å². The van der Waals surface area contributed by atoms with Gasteiger partial charge in [0.05, 0.1) is 18.2 Å². The molecule has 1 aromatic carbocycles. The van der Waals surface area contributed by atoms with Gasteiger partial charge < -0.3 is 15.2 Å². The SMILES string of the molecule is CCOC1CC(CO)(Nc2ccc(F)cc2)C1. The average molecular weight is 239 g/mol. The largest absolute Gasteiger partial charge is 0.394 e. The number of hydrogen-bond donors (Lipinski definition) is 2. The third-order valence-electron chi connectivity index (χ3n) is 3.20. The average Bonchev–Trinajstić information content (AvgIpc) is 2.29. The van der Waals surface area contributed by atoms with Gasteiger partial charge in [0.15, 0.2) is 0 Å². The van der Waals surface area contributed by atoms with Crippen LogP contribution in [0.3, 0.4) is 0 Å². The molecule has 0 amide bonds. The molecule has 0 heterocycles. The fraction of sp³-hybridized carbons (Fsp3) is 0.538. The van der Waals surface area contributed by atoms with Crippen LogP contribution in [0.4, 0.5) is 10.1 Å². The third-order valence-corrected chi connectivity index (χ3v) is 3.20. The number of nitrogens with one attached hydrogen (secondary N) is 1. The Morgan fingerprint density at radius 3 is 2.59 bits per heavy atom. The quantitative estimate of drug-likeness (QED) is 0.827. The lowest BCUT2D eigenvalue weighted by atomic mass is 9.74. The smallest absolute Gasteiger partial charge is 0.123 e. The Morgan fingerprint density at radius 2 is 2.06 bits per heavy atom. The van der Waals surface area contributed by atoms with E-state index in [1.807, 2.05) is 6.92 Å². The van der Waals surface area contributed by atoms with Crippen LogP contribution in [-0.4, -0.2) is 30.0 Å². The van der Waals surface area contributed by atoms with E-state index < -0.39 is 0 Å². The summed E-state index contributed by atoms with van der Waals surface area (Å²) in [4.78, 5) is 0. The molecule has 2 rings (SSSR count). The Labute approximate surface area is 101 Å². The Bertz CT molecular complexity index is 360. The summed E-state index contributed by atoms with van der Waals surface area (Å²) in [6.07, 6.45) is 1.80. The molecule has 3 nitrogen and oxygen atoms in total. The van der Waals surface area contributed by atoms with E-state index in [0.29, 0.717) is 6.61 Å². The lowest BCUT2D eigenvalue weighted by Gasteiger charge is -2.47. The number of aliphatic hydroxyl groups excluding tert-OH is 1. The summed E-state index contributed by atoms with van der Waals surface area (Å²) < 4.78 is 18.2. The van der Waals surface area contributed by atoms with Crippen LogP contribution >= 0.6 is 0 Å². The van der Waals surface area contributed by atoms with E-state index in [1.54, 1.807) is 12.1 Å². The Balaban J connectivity index is 1.95. The minimum absolute atomic E-state index is 0.0634. The standard InChI is InChI=1S/C13H18FNO2/c1-2-17-12-7-13(8-12,9-16)15-11-5-3-10(14)4-6-11/h3-6,12,15-16H,2,7-9H2,1H3. The van der Waals surface area contributed by atoms with Crippen molar-refractivity contribution in [3.05, 3.63) is 30.1 Å². The highest BCUT2D eigenvalue weighted by Gasteiger charge is 2.44. The number of hydrogen-bond acceptors (Lipinski definition) is 3. The van der Waals surface area contributed by atoms with Crippen LogP contribution in [-0.2, 0) is 4.74 Å². The van der Waals surface area contributed by atoms with Crippen LogP contribution in [0.1, 0.15) is 19.8 Å². The van der Waals surface area contributed by atoms with Crippen LogP contribution in [0.5, 0.6) is 0 Å². The summed E-state index contributed by atoms with van der Waals surface area (Å²) in [7, 11) is 0. The highest BCUT2D eigenvalue weighted by atomic mass is 19.1. The molecular weight excluding hydrogens is 221 g/mol. The number of halogens is 1. The van der Waals surface area contributed by atoms with E-state index >= 15 is 0 Å². The Morgan fingerprint density at radius 1 is 1.41 bits per heavy atom. The van der Waals surface area contributed by atoms with Crippen molar-refractivity contribution >= 4 is 5.69 Å². The normalized spacial score (nSPS) is 27.6. The first-order chi connectivity index (χ1) is 8.17. The lowest BCUT2D eigenvalue weighted by molar-refractivity contribution is -0.0458. The van der Waals surface area contributed by atoms with Gasteiger partial charge >= 0.3 is 0 Å². The number of benzene rings is 1. The first kappa shape index (κ1) is 12.3. The maximum atomic E-state index is 12.8. The Kier molecular flexibility index (Phi) is 3.64. The van der Waals surface area contributed by atoms with Crippen LogP contribution in [0.2, 0.25) is 0 Å². The predicted octanol–water partition coefficient (Wildman–Crippen LogP) is 2.17. The van der Waals surface area contributed by atoms with Crippen molar-refractivity contribution < 1.29 is 14.2 Å². The summed E-state index contributed by atoms with van der Waals surface area (Å²) >= 11 is 0. The maximum absolute atomic E-state index is 12.8. The molecule has 0 bridgehead atoms. The zero-order valence-corrected chi connectivity index (χ0v) is 9.95. The van der Waals surface area contributed by atoms with Gasteiger partial charge in [-0.15, -0.1) is 0 Å². The van der Waals surface area contributed by atoms with Gasteiger partial charge in [-0.05, 0) is 44.0 Å². The third kappa shape index (κ3) is 2.76. The second-order valence-corrected chi connectivity index (χ2v) is 4.56. The number of anilines is 1. The van der Waals surface area contributed by atoms with Gasteiger partial charge in [-0.1, -0.05) is 0 Å². The zero-order valence-electron chi connectivity index (χ0n) is 9.95. The first-order valence-corrected chi connectivity index (χ1v) is 5.94. The number of rotatable bonds is 5. The summed E-state index contributed by atoms with van der Waals surface area (Å²) in [6, 6.07) is 6.18. The minimum Gasteiger partial charge on any atom is -0.394 e. The topological polar surface area (TPSA) is 41.5 Å². The fourth-order valence-corrected chi connectivity index (χ4v) is 2.28. The Hall–Kier alpha value is -1.13. The highest BCUT2D eigenvalue weighted by Crippen LogP contribution is 2.37. The maximum Gasteiger partial charge on any atom is 0.123 e. The van der Waals surface area contributed by atoms with Gasteiger partial charge in [-0.2, -0.15) is 0 Å². The molecule has 0 unspecified atom stereocenters. The first-order valence-electron chi connectivity index (χ1n) is 5.94. The van der Waals surface area contributed by atoms with Crippen LogP contribution in [0, 0.1) is 5.82 Å². The number of ether oxygens (including phenoxy) is 1. The molecule has 0 atom stereocenters. The molecular formula is C13H18FNO2. The number of aliphatic hydroxyl groups is 1. The molecule has 0 aliphatic heterocycles. The fourth-order valence-electron chi connectivity index (χ4n) is 2.28. The molecule has 1 aromatic rings. The second-order valence-electron chi connectivity index (χ2n) is 4.56. The minimum atomic E-state index is -0.308. The predicted molar refractivity (Wildman–Crippen MR) is 64.5 cm³/mol. The molecule has 0 spiro atoms. The molecule has 0 aromatic heterocycles. The van der Waals surface area contributed by atoms with Crippen molar-refractivity contribution in [2.45, 2.75) is 31.4 Å². The summed E-state index contributed by atoms with van der Waals surface area (Å²) in [5, 5.41) is 12.7. The van der Waals surface area contributed by atoms with Crippen molar-refractivity contribution in [2.75, 3.05) is 18.5 Å². The van der Waals surface area contributed by atoms with Gasteiger partial charge in [-0.25, -0.2) is 4.39 Å². The van der Waals surface area contributed by atoms with Crippen molar-refractivity contribution in [1.29, 1.82) is 0 Å². The van der Waals surface area contributed by atoms with E-state index in [0.717, 1.165) is 18.5 Å². The van der Waals surface area contributed by atoms with E-state index in [2.05, 4.69) is 5.32 Å². The second kappa shape index (κ2) is 5.02. The van der Waals surface area contributed by atoms with Crippen molar-refractivity contribution in [1.82, 2.24) is 0 Å². The van der Waals surface area contributed by atoms with E-state index in [9.17, 15) is 9.50 Å². The van der Waals surface area contributed by atoms with Crippen molar-refractivity contribution in [3.8, 4) is 0 Å². The van der Waals surface area contributed by atoms with Gasteiger partial charge in [-0.3, -0.25) is 0 Å². The van der Waals surface area contributed by atoms with Crippen LogP contribution < -0.4 is 5.32 Å². The molecule has 1 fully saturated rings. The molecule has 1 aliphatic rings. The molecule has 0 saturated heterocycles. The molecule has 94 valence electrons. The summed E-state index contributed by atoms with van der Waals surface area (Å²) in [5.74, 6) is -0.255. The van der Waals surface area contributed by atoms with Gasteiger partial charge in [0, 0.05) is 12.3 Å². The van der Waals surface area contributed by atoms with Gasteiger partial charge in [0.1, 0.15) is 5.82 Å². The van der Waals surface area contributed by atoms with E-state index in [4.69, 9.17) is 4.74 Å². The van der Waals surface area contributed by atoms with Crippen molar-refractivity contribution in [3.63, 3.8) is 0 Å². The highest BCUT2D eigenvalue weighted by molar-refractivity contribution is 5.46. The molecule has 0 radical (unpaired) electrons. The monoisotopic (exact) mass is 239 g/mol. The molecule has 4 heteroatoms. The van der Waals surface area contributed by atoms with Crippen LogP contribution in [0.15, 0.2) is 24.3 Å². The molecule has 1 saturated carbocycles. The molecule has 2 N–H and O–H groups in total. The van der Waals surface area contributed by atoms with Gasteiger partial charge in [0.25, 0.3) is 0 Å². The summed E-state index contributed by atoms with van der Waals surface area (Å²) in [6.45, 7) is 2.73. The van der Waals surface area contributed by atoms with Crippen LogP contribution in [0.25, 0.3) is 0 Å². The lowest BCUT2D eigenvalue weighted by Crippen LogP contribution is -2.56. The van der Waals surface area contributed by atoms with Gasteiger partial charge in [0.2, 0.25) is 0 Å². The molecule has 17 heavy (non-hydrogen) atoms. The zero-order chi connectivity index (χ0) is 12.3. The molecule has 1 aliphatic carbocycles. The van der Waals surface area contributed by atoms with E-state index in [1.165, 1.54) is 12.1 Å². The van der Waals surface area contributed by atoms with Crippen molar-refractivity contribution in [2.24, 2.45) is 0 Å².